The number of aromatic nitrogens is 2. The number of benzene rings is 3. The number of fused-ring (bicyclic) bond motifs is 2. The highest BCUT2D eigenvalue weighted by molar-refractivity contribution is 6.34. The summed E-state index contributed by atoms with van der Waals surface area (Å²) in [4.78, 5) is 34.3. The molecule has 0 aliphatic carbocycles. The molecule has 4 aromatic rings. The predicted octanol–water partition coefficient (Wildman–Crippen LogP) is 5.38. The molecule has 9 nitrogen and oxygen atoms in total. The molecule has 10 heteroatoms. The van der Waals surface area contributed by atoms with E-state index in [2.05, 4.69) is 4.98 Å². The van der Waals surface area contributed by atoms with Crippen molar-refractivity contribution in [1.82, 2.24) is 19.4 Å². The van der Waals surface area contributed by atoms with Crippen molar-refractivity contribution in [2.75, 3.05) is 40.3 Å². The Morgan fingerprint density at radius 1 is 1.12 bits per heavy atom. The molecule has 1 aliphatic heterocycles. The van der Waals surface area contributed by atoms with Gasteiger partial charge in [-0.2, -0.15) is 0 Å². The van der Waals surface area contributed by atoms with Gasteiger partial charge >= 0.3 is 11.7 Å². The fourth-order valence-corrected chi connectivity index (χ4v) is 5.24. The van der Waals surface area contributed by atoms with E-state index in [4.69, 9.17) is 21.1 Å². The number of halogens is 1. The summed E-state index contributed by atoms with van der Waals surface area (Å²) in [5, 5.41) is 12.7. The summed E-state index contributed by atoms with van der Waals surface area (Å²) in [5.74, 6) is 0.186. The number of likely N-dealkylation sites (tertiary alicyclic amines) is 1. The molecule has 1 aromatic heterocycles. The highest BCUT2D eigenvalue weighted by Gasteiger charge is 2.34. The average Bonchev–Trinajstić information content (AvgIpc) is 2.85. The molecule has 216 valence electrons. The number of phenolic OH excluding ortho intramolecular Hbond substituents is 1. The average molecular weight is 579 g/mol. The number of carbonyl (C=O) groups is 1. The Hall–Kier alpha value is -3.82. The maximum absolute atomic E-state index is 13.6. The van der Waals surface area contributed by atoms with Gasteiger partial charge in [-0.05, 0) is 75.5 Å². The lowest BCUT2D eigenvalue weighted by Crippen LogP contribution is -2.53. The highest BCUT2D eigenvalue weighted by Crippen LogP contribution is 2.38. The first kappa shape index (κ1) is 28.7. The molecule has 0 atom stereocenters. The van der Waals surface area contributed by atoms with Crippen molar-refractivity contribution in [2.45, 2.75) is 32.9 Å². The first-order chi connectivity index (χ1) is 19.4. The minimum absolute atomic E-state index is 0.0108. The van der Waals surface area contributed by atoms with E-state index in [1.54, 1.807) is 27.7 Å². The van der Waals surface area contributed by atoms with Crippen LogP contribution in [0, 0.1) is 5.92 Å². The number of carbonyl (C=O) groups excluding carboxylic acids is 1. The second-order valence-electron chi connectivity index (χ2n) is 11.8. The maximum atomic E-state index is 13.6. The van der Waals surface area contributed by atoms with Crippen molar-refractivity contribution in [3.63, 3.8) is 0 Å². The van der Waals surface area contributed by atoms with E-state index in [-0.39, 0.29) is 29.2 Å². The summed E-state index contributed by atoms with van der Waals surface area (Å²) < 4.78 is 13.0. The highest BCUT2D eigenvalue weighted by atomic mass is 35.5. The van der Waals surface area contributed by atoms with Gasteiger partial charge in [-0.1, -0.05) is 35.9 Å². The molecule has 0 saturated carbocycles. The first-order valence-electron chi connectivity index (χ1n) is 13.6. The molecule has 0 unspecified atom stereocenters. The lowest BCUT2D eigenvalue weighted by molar-refractivity contribution is -0.00333. The number of likely N-dealkylation sites (N-methyl/N-ethyl adjacent to an activating group) is 1. The van der Waals surface area contributed by atoms with Crippen LogP contribution in [0.3, 0.4) is 0 Å². The van der Waals surface area contributed by atoms with Gasteiger partial charge in [0.05, 0.1) is 16.1 Å². The predicted molar refractivity (Wildman–Crippen MR) is 161 cm³/mol. The summed E-state index contributed by atoms with van der Waals surface area (Å²) in [7, 11) is 3.85. The number of phenols is 1. The van der Waals surface area contributed by atoms with E-state index >= 15 is 0 Å². The fourth-order valence-electron chi connectivity index (χ4n) is 4.98. The van der Waals surface area contributed by atoms with E-state index in [0.717, 1.165) is 16.3 Å². The Labute approximate surface area is 243 Å². The van der Waals surface area contributed by atoms with Crippen LogP contribution >= 0.6 is 11.6 Å². The molecule has 2 heterocycles. The molecule has 0 radical (unpaired) electrons. The van der Waals surface area contributed by atoms with Crippen molar-refractivity contribution in [3.8, 4) is 22.8 Å². The minimum atomic E-state index is -0.575. The Kier molecular flexibility index (Phi) is 7.85. The van der Waals surface area contributed by atoms with Gasteiger partial charge in [-0.3, -0.25) is 4.79 Å². The van der Waals surface area contributed by atoms with Gasteiger partial charge in [0.15, 0.2) is 0 Å². The number of hydrogen-bond donors (Lipinski definition) is 1. The van der Waals surface area contributed by atoms with Crippen LogP contribution in [-0.4, -0.2) is 76.5 Å². The topological polar surface area (TPSA) is 97.1 Å². The number of amides is 1. The summed E-state index contributed by atoms with van der Waals surface area (Å²) in [5.41, 5.74) is 1.63. The van der Waals surface area contributed by atoms with E-state index in [9.17, 15) is 14.7 Å². The molecule has 5 rings (SSSR count). The van der Waals surface area contributed by atoms with Gasteiger partial charge in [0.2, 0.25) is 0 Å². The number of rotatable bonds is 7. The molecule has 0 spiro atoms. The third-order valence-electron chi connectivity index (χ3n) is 6.97. The van der Waals surface area contributed by atoms with Crippen LogP contribution < -0.4 is 10.3 Å². The van der Waals surface area contributed by atoms with E-state index in [1.807, 2.05) is 70.1 Å². The van der Waals surface area contributed by atoms with Crippen molar-refractivity contribution >= 4 is 39.5 Å². The number of ether oxygens (including phenoxy) is 2. The Morgan fingerprint density at radius 3 is 2.56 bits per heavy atom. The lowest BCUT2D eigenvalue weighted by Gasteiger charge is -2.40. The third-order valence-corrected chi connectivity index (χ3v) is 7.28. The zero-order valence-electron chi connectivity index (χ0n) is 24.0. The van der Waals surface area contributed by atoms with Crippen LogP contribution in [0.15, 0.2) is 53.3 Å². The standard InChI is InChI=1S/C31H35ClN4O5/c1-31(2,3)41-30(39)35-16-19(17-35)18-36-27-15-25(32)24(23-13-21(37)12-20-8-6-7-9-22(20)23)14-26(27)33-28(29(36)38)40-11-10-34(4)5/h6-9,12-15,19,37H,10-11,16-18H2,1-5H3. The van der Waals surface area contributed by atoms with Crippen LogP contribution in [0.25, 0.3) is 32.9 Å². The normalized spacial score (nSPS) is 14.1. The van der Waals surface area contributed by atoms with Crippen LogP contribution in [0.2, 0.25) is 5.02 Å². The van der Waals surface area contributed by atoms with Gasteiger partial charge in [-0.25, -0.2) is 9.78 Å². The van der Waals surface area contributed by atoms with E-state index in [0.29, 0.717) is 54.4 Å². The zero-order valence-corrected chi connectivity index (χ0v) is 24.7. The Morgan fingerprint density at radius 2 is 1.85 bits per heavy atom. The number of nitrogens with zero attached hydrogens (tertiary/aromatic N) is 4. The quantitative estimate of drug-likeness (QED) is 0.314. The third kappa shape index (κ3) is 6.26. The number of aromatic hydroxyl groups is 1. The van der Waals surface area contributed by atoms with Gasteiger partial charge in [0, 0.05) is 37.7 Å². The fraction of sp³-hybridized carbons (Fsp3) is 0.387. The summed E-state index contributed by atoms with van der Waals surface area (Å²) in [6.45, 7) is 7.74. The summed E-state index contributed by atoms with van der Waals surface area (Å²) >= 11 is 6.85. The smallest absolute Gasteiger partial charge is 0.410 e. The SMILES string of the molecule is CN(C)CCOc1nc2cc(-c3cc(O)cc4ccccc34)c(Cl)cc2n(CC2CN(C(=O)OC(C)(C)C)C2)c1=O. The summed E-state index contributed by atoms with van der Waals surface area (Å²) in [6, 6.07) is 14.7. The molecule has 3 aromatic carbocycles. The molecule has 1 amide bonds. The van der Waals surface area contributed by atoms with E-state index < -0.39 is 5.60 Å². The maximum Gasteiger partial charge on any atom is 0.410 e. The molecule has 41 heavy (non-hydrogen) atoms. The zero-order chi connectivity index (χ0) is 29.5. The second-order valence-corrected chi connectivity index (χ2v) is 12.2. The van der Waals surface area contributed by atoms with Crippen molar-refractivity contribution in [3.05, 3.63) is 63.9 Å². The minimum Gasteiger partial charge on any atom is -0.508 e. The van der Waals surface area contributed by atoms with Gasteiger partial charge in [0.25, 0.3) is 5.88 Å². The van der Waals surface area contributed by atoms with Gasteiger partial charge in [-0.15, -0.1) is 0 Å². The van der Waals surface area contributed by atoms with Crippen LogP contribution in [0.4, 0.5) is 4.79 Å². The van der Waals surface area contributed by atoms with Crippen LogP contribution in [-0.2, 0) is 11.3 Å². The van der Waals surface area contributed by atoms with Crippen LogP contribution in [0.1, 0.15) is 20.8 Å². The molecular formula is C31H35ClN4O5. The van der Waals surface area contributed by atoms with Gasteiger partial charge < -0.3 is 28.9 Å². The van der Waals surface area contributed by atoms with E-state index in [1.165, 1.54) is 0 Å². The molecule has 1 saturated heterocycles. The Bertz CT molecular complexity index is 1670. The lowest BCUT2D eigenvalue weighted by atomic mass is 9.97. The van der Waals surface area contributed by atoms with Crippen molar-refractivity contribution in [1.29, 1.82) is 0 Å². The first-order valence-corrected chi connectivity index (χ1v) is 14.0. The monoisotopic (exact) mass is 578 g/mol. The van der Waals surface area contributed by atoms with Crippen molar-refractivity contribution in [2.24, 2.45) is 5.92 Å². The second kappa shape index (κ2) is 11.2. The molecule has 0 bridgehead atoms. The molecule has 1 aliphatic rings. The molecule has 1 N–H and O–H groups in total. The van der Waals surface area contributed by atoms with Crippen LogP contribution in [0.5, 0.6) is 11.6 Å². The van der Waals surface area contributed by atoms with Gasteiger partial charge in [0.1, 0.15) is 18.0 Å². The summed E-state index contributed by atoms with van der Waals surface area (Å²) in [6.07, 6.45) is -0.362. The van der Waals surface area contributed by atoms with Crippen molar-refractivity contribution < 1.29 is 19.4 Å². The Balaban J connectivity index is 1.54. The number of hydrogen-bond acceptors (Lipinski definition) is 7. The molecule has 1 fully saturated rings. The molecular weight excluding hydrogens is 544 g/mol. The largest absolute Gasteiger partial charge is 0.508 e.